The first-order valence-corrected chi connectivity index (χ1v) is 11.1. The molecule has 29 heavy (non-hydrogen) atoms. The van der Waals surface area contributed by atoms with Gasteiger partial charge in [-0.25, -0.2) is 4.79 Å². The summed E-state index contributed by atoms with van der Waals surface area (Å²) in [4.78, 5) is 30.6. The number of benzene rings is 1. The highest BCUT2D eigenvalue weighted by molar-refractivity contribution is 7.09. The maximum absolute atomic E-state index is 13.2. The number of rotatable bonds is 9. The number of unbranched alkanes of at least 4 members (excludes halogenated alkanes) is 1. The molecule has 0 unspecified atom stereocenters. The van der Waals surface area contributed by atoms with E-state index in [1.165, 1.54) is 0 Å². The van der Waals surface area contributed by atoms with Crippen LogP contribution in [-0.2, 0) is 17.9 Å². The zero-order chi connectivity index (χ0) is 21.3. The van der Waals surface area contributed by atoms with Crippen LogP contribution in [0.3, 0.4) is 0 Å². The van der Waals surface area contributed by atoms with Crippen LogP contribution in [0.5, 0.6) is 0 Å². The first-order valence-electron chi connectivity index (χ1n) is 10.2. The van der Waals surface area contributed by atoms with Gasteiger partial charge in [-0.3, -0.25) is 4.79 Å². The first kappa shape index (κ1) is 22.9. The Morgan fingerprint density at radius 1 is 1.00 bits per heavy atom. The number of hydrogen-bond donors (Lipinski definition) is 1. The fourth-order valence-corrected chi connectivity index (χ4v) is 3.61. The molecule has 0 spiro atoms. The zero-order valence-electron chi connectivity index (χ0n) is 18.0. The standard InChI is InChI=1S/C23H33N3O2S/c1-5-6-14-25(22(28)24-23(2,3)4)18-21(27)26(17-20-13-10-15-29-20)16-19-11-8-7-9-12-19/h7-13,15H,5-6,14,16-18H2,1-4H3,(H,24,28). The largest absolute Gasteiger partial charge is 0.333 e. The summed E-state index contributed by atoms with van der Waals surface area (Å²) in [5.41, 5.74) is 0.738. The molecule has 1 N–H and O–H groups in total. The van der Waals surface area contributed by atoms with Gasteiger partial charge in [-0.1, -0.05) is 49.7 Å². The van der Waals surface area contributed by atoms with Gasteiger partial charge in [0.05, 0.1) is 6.54 Å². The minimum Gasteiger partial charge on any atom is -0.333 e. The van der Waals surface area contributed by atoms with Crippen LogP contribution in [0.4, 0.5) is 4.79 Å². The van der Waals surface area contributed by atoms with Gasteiger partial charge in [-0.15, -0.1) is 11.3 Å². The second kappa shape index (κ2) is 11.0. The molecular formula is C23H33N3O2S. The Morgan fingerprint density at radius 3 is 2.31 bits per heavy atom. The van der Waals surface area contributed by atoms with Gasteiger partial charge in [0.2, 0.25) is 5.91 Å². The topological polar surface area (TPSA) is 52.7 Å². The molecule has 5 nitrogen and oxygen atoms in total. The molecule has 6 heteroatoms. The van der Waals surface area contributed by atoms with Crippen LogP contribution >= 0.6 is 11.3 Å². The Kier molecular flexibility index (Phi) is 8.70. The van der Waals surface area contributed by atoms with Crippen LogP contribution in [0.1, 0.15) is 51.0 Å². The van der Waals surface area contributed by atoms with Gasteiger partial charge in [0, 0.05) is 23.5 Å². The van der Waals surface area contributed by atoms with Gasteiger partial charge in [0.1, 0.15) is 6.54 Å². The second-order valence-corrected chi connectivity index (χ2v) is 9.30. The lowest BCUT2D eigenvalue weighted by molar-refractivity contribution is -0.133. The quantitative estimate of drug-likeness (QED) is 0.634. The highest BCUT2D eigenvalue weighted by atomic mass is 32.1. The number of carbonyl (C=O) groups excluding carboxylic acids is 2. The number of nitrogens with one attached hydrogen (secondary N) is 1. The van der Waals surface area contributed by atoms with E-state index in [0.29, 0.717) is 19.6 Å². The molecule has 0 saturated carbocycles. The van der Waals surface area contributed by atoms with E-state index in [1.54, 1.807) is 16.2 Å². The molecule has 1 aromatic carbocycles. The SMILES string of the molecule is CCCCN(CC(=O)N(Cc1ccccc1)Cc1cccs1)C(=O)NC(C)(C)C. The van der Waals surface area contributed by atoms with Crippen LogP contribution in [0.2, 0.25) is 0 Å². The number of thiophene rings is 1. The molecule has 0 radical (unpaired) electrons. The van der Waals surface area contributed by atoms with Gasteiger partial charge in [-0.2, -0.15) is 0 Å². The Bertz CT molecular complexity index is 754. The van der Waals surface area contributed by atoms with E-state index in [0.717, 1.165) is 23.3 Å². The van der Waals surface area contributed by atoms with Gasteiger partial charge < -0.3 is 15.1 Å². The van der Waals surface area contributed by atoms with E-state index < -0.39 is 0 Å². The summed E-state index contributed by atoms with van der Waals surface area (Å²) < 4.78 is 0. The Balaban J connectivity index is 2.14. The van der Waals surface area contributed by atoms with E-state index >= 15 is 0 Å². The number of hydrogen-bond acceptors (Lipinski definition) is 3. The van der Waals surface area contributed by atoms with Crippen molar-refractivity contribution in [2.75, 3.05) is 13.1 Å². The van der Waals surface area contributed by atoms with Crippen LogP contribution in [-0.4, -0.2) is 40.4 Å². The van der Waals surface area contributed by atoms with Crippen molar-refractivity contribution in [2.45, 2.75) is 59.2 Å². The normalized spacial score (nSPS) is 11.2. The molecule has 0 fully saturated rings. The van der Waals surface area contributed by atoms with Crippen LogP contribution in [0.25, 0.3) is 0 Å². The van der Waals surface area contributed by atoms with Crippen molar-refractivity contribution >= 4 is 23.3 Å². The van der Waals surface area contributed by atoms with Crippen molar-refractivity contribution in [3.8, 4) is 0 Å². The number of carbonyl (C=O) groups is 2. The van der Waals surface area contributed by atoms with E-state index in [-0.39, 0.29) is 24.0 Å². The summed E-state index contributed by atoms with van der Waals surface area (Å²) in [5.74, 6) is -0.0394. The van der Waals surface area contributed by atoms with Crippen LogP contribution < -0.4 is 5.32 Å². The fourth-order valence-electron chi connectivity index (χ4n) is 2.89. The molecule has 158 valence electrons. The second-order valence-electron chi connectivity index (χ2n) is 8.27. The van der Waals surface area contributed by atoms with E-state index in [1.807, 2.05) is 73.5 Å². The molecule has 0 saturated heterocycles. The van der Waals surface area contributed by atoms with Gasteiger partial charge >= 0.3 is 6.03 Å². The van der Waals surface area contributed by atoms with Crippen LogP contribution in [0.15, 0.2) is 47.8 Å². The summed E-state index contributed by atoms with van der Waals surface area (Å²) in [6.45, 7) is 9.66. The molecule has 0 aliphatic rings. The monoisotopic (exact) mass is 415 g/mol. The maximum atomic E-state index is 13.2. The highest BCUT2D eigenvalue weighted by Crippen LogP contribution is 2.15. The van der Waals surface area contributed by atoms with E-state index in [9.17, 15) is 9.59 Å². The van der Waals surface area contributed by atoms with Crippen molar-refractivity contribution in [1.82, 2.24) is 15.1 Å². The fraction of sp³-hybridized carbons (Fsp3) is 0.478. The van der Waals surface area contributed by atoms with Crippen molar-refractivity contribution in [1.29, 1.82) is 0 Å². The van der Waals surface area contributed by atoms with Crippen molar-refractivity contribution in [2.24, 2.45) is 0 Å². The summed E-state index contributed by atoms with van der Waals surface area (Å²) in [6.07, 6.45) is 1.84. The minimum atomic E-state index is -0.342. The van der Waals surface area contributed by atoms with Gasteiger partial charge in [0.25, 0.3) is 0 Å². The first-order chi connectivity index (χ1) is 13.8. The average molecular weight is 416 g/mol. The van der Waals surface area contributed by atoms with Gasteiger partial charge in [-0.05, 0) is 44.2 Å². The number of urea groups is 1. The summed E-state index contributed by atoms with van der Waals surface area (Å²) in [6, 6.07) is 13.8. The Labute approximate surface area is 178 Å². The molecule has 0 aliphatic carbocycles. The highest BCUT2D eigenvalue weighted by Gasteiger charge is 2.24. The predicted molar refractivity (Wildman–Crippen MR) is 120 cm³/mol. The van der Waals surface area contributed by atoms with Gasteiger partial charge in [0.15, 0.2) is 0 Å². The van der Waals surface area contributed by atoms with Crippen molar-refractivity contribution in [3.63, 3.8) is 0 Å². The molecule has 2 aromatic rings. The molecule has 0 aliphatic heterocycles. The maximum Gasteiger partial charge on any atom is 0.318 e. The third kappa shape index (κ3) is 8.28. The number of amides is 3. The predicted octanol–water partition coefficient (Wildman–Crippen LogP) is 4.89. The smallest absolute Gasteiger partial charge is 0.318 e. The van der Waals surface area contributed by atoms with Crippen LogP contribution in [0, 0.1) is 0 Å². The van der Waals surface area contributed by atoms with Crippen molar-refractivity contribution in [3.05, 3.63) is 58.3 Å². The lowest BCUT2D eigenvalue weighted by Gasteiger charge is -2.30. The van der Waals surface area contributed by atoms with E-state index in [2.05, 4.69) is 12.2 Å². The summed E-state index contributed by atoms with van der Waals surface area (Å²) in [7, 11) is 0. The third-order valence-corrected chi connectivity index (χ3v) is 5.23. The zero-order valence-corrected chi connectivity index (χ0v) is 18.8. The summed E-state index contributed by atoms with van der Waals surface area (Å²) in [5, 5.41) is 5.00. The molecular weight excluding hydrogens is 382 g/mol. The summed E-state index contributed by atoms with van der Waals surface area (Å²) >= 11 is 1.64. The molecule has 1 aromatic heterocycles. The Morgan fingerprint density at radius 2 is 1.72 bits per heavy atom. The third-order valence-electron chi connectivity index (χ3n) is 4.37. The average Bonchev–Trinajstić information content (AvgIpc) is 3.17. The number of nitrogens with zero attached hydrogens (tertiary/aromatic N) is 2. The minimum absolute atomic E-state index is 0.0394. The molecule has 0 bridgehead atoms. The lowest BCUT2D eigenvalue weighted by atomic mass is 10.1. The van der Waals surface area contributed by atoms with E-state index in [4.69, 9.17) is 0 Å². The lowest BCUT2D eigenvalue weighted by Crippen LogP contribution is -2.51. The molecule has 1 heterocycles. The Hall–Kier alpha value is -2.34. The molecule has 0 atom stereocenters. The van der Waals surface area contributed by atoms with Crippen molar-refractivity contribution < 1.29 is 9.59 Å². The molecule has 3 amide bonds. The molecule has 2 rings (SSSR count).